The van der Waals surface area contributed by atoms with E-state index in [-0.39, 0.29) is 29.3 Å². The van der Waals surface area contributed by atoms with Crippen LogP contribution in [0.5, 0.6) is 11.5 Å². The zero-order valence-electron chi connectivity index (χ0n) is 17.0. The van der Waals surface area contributed by atoms with Crippen molar-refractivity contribution in [3.8, 4) is 11.5 Å². The van der Waals surface area contributed by atoms with Gasteiger partial charge in [0.25, 0.3) is 11.6 Å². The van der Waals surface area contributed by atoms with Crippen molar-refractivity contribution in [3.05, 3.63) is 76.9 Å². The van der Waals surface area contributed by atoms with Crippen LogP contribution in [0.4, 0.5) is 5.69 Å². The summed E-state index contributed by atoms with van der Waals surface area (Å²) >= 11 is 1.37. The van der Waals surface area contributed by atoms with Crippen LogP contribution in [0.1, 0.15) is 6.92 Å². The molecule has 0 saturated carbocycles. The molecular weight excluding hydrogens is 434 g/mol. The number of para-hydroxylation sites is 1. The quantitative estimate of drug-likeness (QED) is 0.151. The number of ether oxygens (including phenoxy) is 2. The number of benzene rings is 2. The second-order valence-corrected chi connectivity index (χ2v) is 8.43. The van der Waals surface area contributed by atoms with Crippen molar-refractivity contribution in [1.29, 1.82) is 0 Å². The fourth-order valence-electron chi connectivity index (χ4n) is 3.40. The Morgan fingerprint density at radius 3 is 2.53 bits per heavy atom. The summed E-state index contributed by atoms with van der Waals surface area (Å²) in [5.41, 5.74) is 0.324. The molecule has 0 N–H and O–H groups in total. The average molecular weight is 453 g/mol. The van der Waals surface area contributed by atoms with Gasteiger partial charge in [0.2, 0.25) is 0 Å². The van der Waals surface area contributed by atoms with E-state index < -0.39 is 23.0 Å². The van der Waals surface area contributed by atoms with E-state index in [4.69, 9.17) is 9.47 Å². The molecule has 2 aromatic carbocycles. The molecule has 164 valence electrons. The van der Waals surface area contributed by atoms with Gasteiger partial charge in [0.1, 0.15) is 28.5 Å². The van der Waals surface area contributed by atoms with E-state index in [0.29, 0.717) is 16.4 Å². The van der Waals surface area contributed by atoms with Gasteiger partial charge in [-0.05, 0) is 36.8 Å². The highest BCUT2D eigenvalue weighted by atomic mass is 32.2. The lowest BCUT2D eigenvalue weighted by Gasteiger charge is -2.45. The number of hydrogen-bond acceptors (Lipinski definition) is 8. The van der Waals surface area contributed by atoms with Crippen molar-refractivity contribution < 1.29 is 24.0 Å². The number of amides is 1. The van der Waals surface area contributed by atoms with Crippen LogP contribution in [0.25, 0.3) is 0 Å². The maximum absolute atomic E-state index is 12.9. The molecule has 0 aliphatic carbocycles. The van der Waals surface area contributed by atoms with Crippen molar-refractivity contribution in [2.24, 2.45) is 4.99 Å². The third-order valence-corrected chi connectivity index (χ3v) is 6.15. The van der Waals surface area contributed by atoms with Crippen LogP contribution < -0.4 is 9.47 Å². The molecule has 1 fully saturated rings. The lowest BCUT2D eigenvalue weighted by atomic mass is 10.00. The van der Waals surface area contributed by atoms with Crippen LogP contribution in [0, 0.1) is 10.1 Å². The second-order valence-electron chi connectivity index (χ2n) is 7.24. The molecule has 32 heavy (non-hydrogen) atoms. The van der Waals surface area contributed by atoms with Gasteiger partial charge in [-0.25, -0.2) is 4.79 Å². The summed E-state index contributed by atoms with van der Waals surface area (Å²) in [5, 5.41) is 11.1. The molecule has 0 radical (unpaired) electrons. The second kappa shape index (κ2) is 8.83. The highest BCUT2D eigenvalue weighted by Gasteiger charge is 2.56. The number of aliphatic imine (C=N–C) groups is 1. The number of fused-ring (bicyclic) bond motifs is 1. The fourth-order valence-corrected chi connectivity index (χ4v) is 4.63. The highest BCUT2D eigenvalue weighted by molar-refractivity contribution is 8.15. The molecule has 2 heterocycles. The number of β-lactam (4-membered cyclic amide) rings is 1. The van der Waals surface area contributed by atoms with Crippen LogP contribution in [0.15, 0.2) is 71.7 Å². The third-order valence-electron chi connectivity index (χ3n) is 4.93. The predicted octanol–water partition coefficient (Wildman–Crippen LogP) is 3.21. The van der Waals surface area contributed by atoms with Gasteiger partial charge in [0, 0.05) is 12.1 Å². The van der Waals surface area contributed by atoms with E-state index in [2.05, 4.69) is 11.6 Å². The maximum Gasteiger partial charge on any atom is 0.338 e. The van der Waals surface area contributed by atoms with Gasteiger partial charge >= 0.3 is 5.97 Å². The number of nitro benzene ring substituents is 1. The molecule has 0 spiro atoms. The van der Waals surface area contributed by atoms with E-state index in [9.17, 15) is 19.7 Å². The highest BCUT2D eigenvalue weighted by Crippen LogP contribution is 2.41. The average Bonchev–Trinajstić information content (AvgIpc) is 3.16. The molecule has 2 aliphatic heterocycles. The van der Waals surface area contributed by atoms with Gasteiger partial charge in [0.05, 0.1) is 4.92 Å². The Bertz CT molecular complexity index is 1100. The minimum absolute atomic E-state index is 0.119. The van der Waals surface area contributed by atoms with E-state index in [0.717, 1.165) is 0 Å². The lowest BCUT2D eigenvalue weighted by Crippen LogP contribution is -2.66. The van der Waals surface area contributed by atoms with Crippen LogP contribution >= 0.6 is 11.8 Å². The maximum atomic E-state index is 12.9. The summed E-state index contributed by atoms with van der Waals surface area (Å²) in [5.74, 6) is -0.132. The first-order valence-corrected chi connectivity index (χ1v) is 10.6. The largest absolute Gasteiger partial charge is 0.487 e. The van der Waals surface area contributed by atoms with E-state index >= 15 is 0 Å². The zero-order chi connectivity index (χ0) is 22.8. The SMILES string of the molecule is C=C(C)[C@H](C(=O)Oc1ccc([N+](=O)[O-])cc1)N1C(=O)C2N=C(COc3ccccc3)SC21. The molecule has 1 saturated heterocycles. The Morgan fingerprint density at radius 2 is 1.91 bits per heavy atom. The van der Waals surface area contributed by atoms with Crippen molar-refractivity contribution in [1.82, 2.24) is 4.90 Å². The number of nitrogens with zero attached hydrogens (tertiary/aromatic N) is 3. The van der Waals surface area contributed by atoms with Crippen molar-refractivity contribution >= 4 is 34.4 Å². The third kappa shape index (κ3) is 4.22. The van der Waals surface area contributed by atoms with Crippen molar-refractivity contribution in [2.45, 2.75) is 24.4 Å². The van der Waals surface area contributed by atoms with Crippen LogP contribution in [-0.4, -0.2) is 50.8 Å². The van der Waals surface area contributed by atoms with Gasteiger partial charge in [0.15, 0.2) is 12.1 Å². The van der Waals surface area contributed by atoms with Gasteiger partial charge in [-0.15, -0.1) is 0 Å². The molecule has 2 unspecified atom stereocenters. The van der Waals surface area contributed by atoms with Gasteiger partial charge in [-0.3, -0.25) is 19.9 Å². The number of esters is 1. The number of rotatable bonds is 8. The molecule has 0 aromatic heterocycles. The smallest absolute Gasteiger partial charge is 0.338 e. The van der Waals surface area contributed by atoms with E-state index in [1.54, 1.807) is 6.92 Å². The van der Waals surface area contributed by atoms with E-state index in [1.807, 2.05) is 30.3 Å². The number of thioether (sulfide) groups is 1. The molecule has 1 amide bonds. The summed E-state index contributed by atoms with van der Waals surface area (Å²) in [4.78, 5) is 41.7. The minimum atomic E-state index is -0.990. The van der Waals surface area contributed by atoms with Gasteiger partial charge in [-0.2, -0.15) is 0 Å². The van der Waals surface area contributed by atoms with Gasteiger partial charge in [-0.1, -0.05) is 36.5 Å². The van der Waals surface area contributed by atoms with Crippen LogP contribution in [0.2, 0.25) is 0 Å². The topological polar surface area (TPSA) is 111 Å². The number of hydrogen-bond donors (Lipinski definition) is 0. The lowest BCUT2D eigenvalue weighted by molar-refractivity contribution is -0.384. The summed E-state index contributed by atoms with van der Waals surface area (Å²) in [7, 11) is 0. The summed E-state index contributed by atoms with van der Waals surface area (Å²) in [6.07, 6.45) is 0. The number of carbonyl (C=O) groups is 2. The predicted molar refractivity (Wildman–Crippen MR) is 119 cm³/mol. The Labute approximate surface area is 187 Å². The molecular formula is C22H19N3O6S. The first-order chi connectivity index (χ1) is 15.3. The van der Waals surface area contributed by atoms with Crippen LogP contribution in [-0.2, 0) is 9.59 Å². The van der Waals surface area contributed by atoms with Gasteiger partial charge < -0.3 is 14.4 Å². The summed E-state index contributed by atoms with van der Waals surface area (Å²) in [6.45, 7) is 5.72. The Kier molecular flexibility index (Phi) is 5.95. The molecule has 9 nitrogen and oxygen atoms in total. The molecule has 3 atom stereocenters. The molecule has 0 bridgehead atoms. The van der Waals surface area contributed by atoms with E-state index in [1.165, 1.54) is 40.9 Å². The van der Waals surface area contributed by atoms with Crippen molar-refractivity contribution in [3.63, 3.8) is 0 Å². The summed E-state index contributed by atoms with van der Waals surface area (Å²) in [6, 6.07) is 12.9. The number of non-ortho nitro benzene ring substituents is 1. The Morgan fingerprint density at radius 1 is 1.22 bits per heavy atom. The summed E-state index contributed by atoms with van der Waals surface area (Å²) < 4.78 is 11.1. The normalized spacial score (nSPS) is 20.0. The standard InChI is InChI=1S/C22H19N3O6S/c1-13(2)19(22(27)31-16-10-8-14(9-11-16)25(28)29)24-20(26)18-21(24)32-17(23-18)12-30-15-6-4-3-5-7-15/h3-11,18-19,21H,1,12H2,2H3/t18?,19-,21?/m1/s1. The number of carbonyl (C=O) groups excluding carboxylic acids is 2. The molecule has 2 aliphatic rings. The number of likely N-dealkylation sites (tertiary alicyclic amines) is 1. The molecule has 2 aromatic rings. The minimum Gasteiger partial charge on any atom is -0.487 e. The molecule has 10 heteroatoms. The fraction of sp³-hybridized carbons (Fsp3) is 0.227. The first kappa shape index (κ1) is 21.6. The Balaban J connectivity index is 1.41. The Hall–Kier alpha value is -3.66. The van der Waals surface area contributed by atoms with Crippen molar-refractivity contribution in [2.75, 3.05) is 6.61 Å². The zero-order valence-corrected chi connectivity index (χ0v) is 17.9. The molecule has 4 rings (SSSR count). The first-order valence-electron chi connectivity index (χ1n) is 9.70. The van der Waals surface area contributed by atoms with Crippen LogP contribution in [0.3, 0.4) is 0 Å². The monoisotopic (exact) mass is 453 g/mol. The number of nitro groups is 1.